The van der Waals surface area contributed by atoms with Crippen LogP contribution in [0, 0.1) is 12.3 Å². The third kappa shape index (κ3) is 7.16. The molecule has 0 atom stereocenters. The summed E-state index contributed by atoms with van der Waals surface area (Å²) in [6.45, 7) is 2.41. The number of carbonyl (C=O) groups is 1. The van der Waals surface area contributed by atoms with Gasteiger partial charge in [0.05, 0.1) is 17.4 Å². The van der Waals surface area contributed by atoms with E-state index < -0.39 is 0 Å². The molecule has 1 saturated heterocycles. The van der Waals surface area contributed by atoms with Gasteiger partial charge in [0.2, 0.25) is 0 Å². The molecule has 0 bridgehead atoms. The molecule has 1 aliphatic rings. The molecular formula is C23H24N2O4S2. The highest BCUT2D eigenvalue weighted by molar-refractivity contribution is 8.19. The first kappa shape index (κ1) is 22.9. The van der Waals surface area contributed by atoms with Crippen LogP contribution in [0.4, 0.5) is 0 Å². The van der Waals surface area contributed by atoms with Crippen LogP contribution >= 0.6 is 23.5 Å². The lowest BCUT2D eigenvalue weighted by atomic mass is 10.2. The molecule has 2 aromatic rings. The first-order valence-corrected chi connectivity index (χ1v) is 11.9. The van der Waals surface area contributed by atoms with Gasteiger partial charge in [0.25, 0.3) is 5.91 Å². The van der Waals surface area contributed by atoms with Crippen LogP contribution in [-0.2, 0) is 4.79 Å². The molecule has 0 aliphatic carbocycles. The summed E-state index contributed by atoms with van der Waals surface area (Å²) in [5.74, 6) is 6.22. The summed E-state index contributed by atoms with van der Waals surface area (Å²) in [5.41, 5.74) is 4.48. The van der Waals surface area contributed by atoms with Gasteiger partial charge in [-0.1, -0.05) is 18.1 Å². The summed E-state index contributed by atoms with van der Waals surface area (Å²) < 4.78 is 17.1. The van der Waals surface area contributed by atoms with Crippen LogP contribution in [0.15, 0.2) is 47.6 Å². The van der Waals surface area contributed by atoms with Crippen molar-refractivity contribution in [2.24, 2.45) is 5.10 Å². The molecule has 3 rings (SSSR count). The van der Waals surface area contributed by atoms with Crippen molar-refractivity contribution >= 4 is 35.6 Å². The van der Waals surface area contributed by atoms with Gasteiger partial charge in [0.1, 0.15) is 12.4 Å². The van der Waals surface area contributed by atoms with Gasteiger partial charge in [-0.15, -0.1) is 29.9 Å². The average molecular weight is 457 g/mol. The van der Waals surface area contributed by atoms with Crippen molar-refractivity contribution in [1.82, 2.24) is 5.43 Å². The molecule has 1 amide bonds. The number of terminal acetylenes is 1. The maximum absolute atomic E-state index is 12.0. The first-order valence-electron chi connectivity index (χ1n) is 9.80. The molecule has 0 radical (unpaired) electrons. The Bertz CT molecular complexity index is 936. The summed E-state index contributed by atoms with van der Waals surface area (Å²) in [5, 5.41) is 3.97. The predicted octanol–water partition coefficient (Wildman–Crippen LogP) is 4.11. The SMILES string of the molecule is C#CCOc1ccc(/C=N\NC(=O)COc2ccc(C3SCCS3)cc2)cc1OCC. The minimum absolute atomic E-state index is 0.118. The third-order valence-corrected chi connectivity index (χ3v) is 7.23. The smallest absolute Gasteiger partial charge is 0.277 e. The van der Waals surface area contributed by atoms with Crippen molar-refractivity contribution in [3.63, 3.8) is 0 Å². The van der Waals surface area contributed by atoms with E-state index >= 15 is 0 Å². The molecule has 1 N–H and O–H groups in total. The van der Waals surface area contributed by atoms with Crippen molar-refractivity contribution in [2.75, 3.05) is 31.3 Å². The fourth-order valence-electron chi connectivity index (χ4n) is 2.74. The lowest BCUT2D eigenvalue weighted by molar-refractivity contribution is -0.123. The Morgan fingerprint density at radius 2 is 1.94 bits per heavy atom. The Hall–Kier alpha value is -2.76. The fourth-order valence-corrected chi connectivity index (χ4v) is 5.60. The second-order valence-corrected chi connectivity index (χ2v) is 9.08. The summed E-state index contributed by atoms with van der Waals surface area (Å²) in [4.78, 5) is 12.0. The maximum Gasteiger partial charge on any atom is 0.277 e. The van der Waals surface area contributed by atoms with E-state index in [1.807, 2.05) is 54.7 Å². The van der Waals surface area contributed by atoms with E-state index in [4.69, 9.17) is 20.6 Å². The number of benzene rings is 2. The summed E-state index contributed by atoms with van der Waals surface area (Å²) in [7, 11) is 0. The number of hydrogen-bond donors (Lipinski definition) is 1. The van der Waals surface area contributed by atoms with Crippen LogP contribution in [0.5, 0.6) is 17.2 Å². The highest BCUT2D eigenvalue weighted by atomic mass is 32.2. The molecular weight excluding hydrogens is 432 g/mol. The minimum atomic E-state index is -0.346. The topological polar surface area (TPSA) is 69.2 Å². The monoisotopic (exact) mass is 456 g/mol. The number of nitrogens with zero attached hydrogens (tertiary/aromatic N) is 1. The minimum Gasteiger partial charge on any atom is -0.490 e. The number of rotatable bonds is 10. The van der Waals surface area contributed by atoms with Gasteiger partial charge in [-0.05, 0) is 48.4 Å². The molecule has 1 heterocycles. The quantitative estimate of drug-likeness (QED) is 0.330. The van der Waals surface area contributed by atoms with E-state index in [9.17, 15) is 4.79 Å². The van der Waals surface area contributed by atoms with E-state index in [2.05, 4.69) is 16.4 Å². The van der Waals surface area contributed by atoms with Crippen LogP contribution in [0.1, 0.15) is 22.6 Å². The molecule has 162 valence electrons. The number of ether oxygens (including phenoxy) is 3. The van der Waals surface area contributed by atoms with Gasteiger partial charge in [-0.3, -0.25) is 4.79 Å². The molecule has 0 aromatic heterocycles. The third-order valence-electron chi connectivity index (χ3n) is 4.13. The van der Waals surface area contributed by atoms with Crippen molar-refractivity contribution < 1.29 is 19.0 Å². The van der Waals surface area contributed by atoms with Crippen molar-refractivity contribution in [1.29, 1.82) is 0 Å². The zero-order valence-electron chi connectivity index (χ0n) is 17.2. The number of thioether (sulfide) groups is 2. The van der Waals surface area contributed by atoms with E-state index in [-0.39, 0.29) is 19.1 Å². The van der Waals surface area contributed by atoms with E-state index in [1.54, 1.807) is 18.2 Å². The van der Waals surface area contributed by atoms with Gasteiger partial charge in [0, 0.05) is 11.5 Å². The summed E-state index contributed by atoms with van der Waals surface area (Å²) >= 11 is 3.91. The van der Waals surface area contributed by atoms with Crippen LogP contribution in [0.3, 0.4) is 0 Å². The standard InChI is InChI=1S/C23H24N2O4S2/c1-3-11-28-20-10-5-17(14-21(20)27-4-2)15-24-25-22(26)16-29-19-8-6-18(7-9-19)23-30-12-13-31-23/h1,5-10,14-15,23H,4,11-13,16H2,2H3,(H,25,26)/b24-15-. The Kier molecular flexibility index (Phi) is 9.00. The second-order valence-electron chi connectivity index (χ2n) is 6.36. The Morgan fingerprint density at radius 3 is 2.65 bits per heavy atom. The van der Waals surface area contributed by atoms with Gasteiger partial charge in [-0.25, -0.2) is 5.43 Å². The second kappa shape index (κ2) is 12.2. The van der Waals surface area contributed by atoms with E-state index in [0.717, 1.165) is 5.56 Å². The summed E-state index contributed by atoms with van der Waals surface area (Å²) in [6.07, 6.45) is 6.75. The molecule has 0 saturated carbocycles. The average Bonchev–Trinajstić information content (AvgIpc) is 3.33. The van der Waals surface area contributed by atoms with Gasteiger partial charge in [-0.2, -0.15) is 5.10 Å². The van der Waals surface area contributed by atoms with E-state index in [1.165, 1.54) is 23.3 Å². The lowest BCUT2D eigenvalue weighted by Gasteiger charge is -2.11. The summed E-state index contributed by atoms with van der Waals surface area (Å²) in [6, 6.07) is 13.2. The predicted molar refractivity (Wildman–Crippen MR) is 127 cm³/mol. The maximum atomic E-state index is 12.0. The first-order chi connectivity index (χ1) is 15.2. The lowest BCUT2D eigenvalue weighted by Crippen LogP contribution is -2.24. The van der Waals surface area contributed by atoms with Gasteiger partial charge >= 0.3 is 0 Å². The zero-order valence-corrected chi connectivity index (χ0v) is 18.8. The number of carbonyl (C=O) groups excluding carboxylic acids is 1. The largest absolute Gasteiger partial charge is 0.490 e. The number of hydrazone groups is 1. The number of amides is 1. The normalized spacial score (nSPS) is 13.7. The highest BCUT2D eigenvalue weighted by Gasteiger charge is 2.18. The van der Waals surface area contributed by atoms with Gasteiger partial charge < -0.3 is 14.2 Å². The molecule has 6 nitrogen and oxygen atoms in total. The Balaban J connectivity index is 1.47. The van der Waals surface area contributed by atoms with Crippen LogP contribution in [0.2, 0.25) is 0 Å². The molecule has 1 aliphatic heterocycles. The Labute approximate surface area is 191 Å². The van der Waals surface area contributed by atoms with Crippen LogP contribution in [-0.4, -0.2) is 43.4 Å². The molecule has 2 aromatic carbocycles. The fraction of sp³-hybridized carbons (Fsp3) is 0.304. The molecule has 0 unspecified atom stereocenters. The van der Waals surface area contributed by atoms with Crippen LogP contribution < -0.4 is 19.6 Å². The zero-order chi connectivity index (χ0) is 21.9. The van der Waals surface area contributed by atoms with E-state index in [0.29, 0.717) is 28.4 Å². The molecule has 31 heavy (non-hydrogen) atoms. The van der Waals surface area contributed by atoms with Gasteiger partial charge in [0.15, 0.2) is 18.1 Å². The van der Waals surface area contributed by atoms with Crippen molar-refractivity contribution in [2.45, 2.75) is 11.5 Å². The van der Waals surface area contributed by atoms with Crippen molar-refractivity contribution in [3.05, 3.63) is 53.6 Å². The Morgan fingerprint density at radius 1 is 1.16 bits per heavy atom. The molecule has 8 heteroatoms. The molecule has 0 spiro atoms. The highest BCUT2D eigenvalue weighted by Crippen LogP contribution is 2.45. The van der Waals surface area contributed by atoms with Crippen molar-refractivity contribution in [3.8, 4) is 29.6 Å². The van der Waals surface area contributed by atoms with Crippen LogP contribution in [0.25, 0.3) is 0 Å². The number of hydrogen-bond acceptors (Lipinski definition) is 7. The molecule has 1 fully saturated rings. The number of nitrogens with one attached hydrogen (secondary N) is 1.